The minimum Gasteiger partial charge on any atom is -0.330 e. The summed E-state index contributed by atoms with van der Waals surface area (Å²) in [7, 11) is 0. The fourth-order valence-electron chi connectivity index (χ4n) is 3.29. The summed E-state index contributed by atoms with van der Waals surface area (Å²) >= 11 is 12.3. The second kappa shape index (κ2) is 6.45. The molecule has 0 radical (unpaired) electrons. The van der Waals surface area contributed by atoms with Crippen molar-refractivity contribution in [2.24, 2.45) is 11.7 Å². The van der Waals surface area contributed by atoms with Crippen molar-refractivity contribution in [1.82, 2.24) is 0 Å². The quantitative estimate of drug-likeness (QED) is 0.825. The molecule has 0 aliphatic carbocycles. The number of nitrogens with zero attached hydrogens (tertiary/aromatic N) is 1. The molecule has 1 fully saturated rings. The molecule has 1 aromatic rings. The molecule has 1 saturated heterocycles. The van der Waals surface area contributed by atoms with Crippen LogP contribution in [-0.2, 0) is 6.54 Å². The molecule has 0 bridgehead atoms. The van der Waals surface area contributed by atoms with E-state index in [1.54, 1.807) is 0 Å². The summed E-state index contributed by atoms with van der Waals surface area (Å²) in [6.45, 7) is 7.66. The molecule has 1 aliphatic heterocycles. The molecular weight excluding hydrogens is 279 g/mol. The number of rotatable bonds is 5. The highest BCUT2D eigenvalue weighted by molar-refractivity contribution is 6.35. The monoisotopic (exact) mass is 301 g/mol. The Kier molecular flexibility index (Phi) is 5.13. The molecule has 0 aromatic heterocycles. The largest absolute Gasteiger partial charge is 0.330 e. The molecular formula is C15H23Cl2N2+. The van der Waals surface area contributed by atoms with E-state index in [0.29, 0.717) is 10.9 Å². The van der Waals surface area contributed by atoms with Gasteiger partial charge in [-0.3, -0.25) is 0 Å². The van der Waals surface area contributed by atoms with E-state index >= 15 is 0 Å². The molecule has 1 heterocycles. The molecule has 0 spiro atoms. The highest BCUT2D eigenvalue weighted by Crippen LogP contribution is 2.30. The van der Waals surface area contributed by atoms with Crippen molar-refractivity contribution in [3.63, 3.8) is 0 Å². The van der Waals surface area contributed by atoms with Gasteiger partial charge in [0.05, 0.1) is 24.7 Å². The van der Waals surface area contributed by atoms with Gasteiger partial charge in [0.2, 0.25) is 0 Å². The number of benzene rings is 1. The summed E-state index contributed by atoms with van der Waals surface area (Å²) in [5.41, 5.74) is 7.05. The number of nitrogens with two attached hydrogens (primary N) is 1. The van der Waals surface area contributed by atoms with Crippen LogP contribution in [0.3, 0.4) is 0 Å². The van der Waals surface area contributed by atoms with Crippen LogP contribution in [0, 0.1) is 5.92 Å². The molecule has 0 amide bonds. The summed E-state index contributed by atoms with van der Waals surface area (Å²) < 4.78 is 1.12. The van der Waals surface area contributed by atoms with Gasteiger partial charge >= 0.3 is 0 Å². The number of hydrogen-bond donors (Lipinski definition) is 1. The highest BCUT2D eigenvalue weighted by Gasteiger charge is 2.37. The van der Waals surface area contributed by atoms with Crippen molar-refractivity contribution in [3.05, 3.63) is 33.8 Å². The lowest BCUT2D eigenvalue weighted by Gasteiger charge is -2.35. The van der Waals surface area contributed by atoms with Crippen LogP contribution in [-0.4, -0.2) is 30.7 Å². The van der Waals surface area contributed by atoms with E-state index in [4.69, 9.17) is 28.9 Å². The summed E-state index contributed by atoms with van der Waals surface area (Å²) in [4.78, 5) is 0. The normalized spacial score (nSPS) is 26.8. The van der Waals surface area contributed by atoms with Gasteiger partial charge in [-0.25, -0.2) is 0 Å². The summed E-state index contributed by atoms with van der Waals surface area (Å²) in [6, 6.07) is 5.84. The topological polar surface area (TPSA) is 26.0 Å². The van der Waals surface area contributed by atoms with Gasteiger partial charge in [0, 0.05) is 29.5 Å². The molecule has 1 unspecified atom stereocenters. The van der Waals surface area contributed by atoms with Crippen LogP contribution in [0.2, 0.25) is 10.0 Å². The van der Waals surface area contributed by atoms with E-state index in [2.05, 4.69) is 13.0 Å². The van der Waals surface area contributed by atoms with E-state index in [1.807, 2.05) is 12.1 Å². The lowest BCUT2D eigenvalue weighted by atomic mass is 10.1. The van der Waals surface area contributed by atoms with Crippen LogP contribution in [0.15, 0.2) is 18.2 Å². The van der Waals surface area contributed by atoms with Gasteiger partial charge in [0.25, 0.3) is 0 Å². The highest BCUT2D eigenvalue weighted by atomic mass is 35.5. The first-order valence-electron chi connectivity index (χ1n) is 7.07. The predicted octanol–water partition coefficient (Wildman–Crippen LogP) is 3.70. The maximum Gasteiger partial charge on any atom is 0.106 e. The summed E-state index contributed by atoms with van der Waals surface area (Å²) in [5, 5.41) is 1.49. The second-order valence-electron chi connectivity index (χ2n) is 5.76. The lowest BCUT2D eigenvalue weighted by molar-refractivity contribution is -0.931. The molecule has 2 nitrogen and oxygen atoms in total. The predicted molar refractivity (Wildman–Crippen MR) is 82.5 cm³/mol. The minimum atomic E-state index is 0.664. The van der Waals surface area contributed by atoms with Gasteiger partial charge in [-0.05, 0) is 18.6 Å². The third-order valence-electron chi connectivity index (χ3n) is 4.21. The Morgan fingerprint density at radius 2 is 2.16 bits per heavy atom. The van der Waals surface area contributed by atoms with Crippen molar-refractivity contribution >= 4 is 23.2 Å². The molecule has 2 rings (SSSR count). The van der Waals surface area contributed by atoms with E-state index in [0.717, 1.165) is 22.6 Å². The first-order valence-corrected chi connectivity index (χ1v) is 7.83. The van der Waals surface area contributed by atoms with E-state index < -0.39 is 0 Å². The molecule has 4 heteroatoms. The van der Waals surface area contributed by atoms with Gasteiger partial charge in [0.15, 0.2) is 0 Å². The zero-order valence-electron chi connectivity index (χ0n) is 11.5. The Hall–Kier alpha value is -0.280. The van der Waals surface area contributed by atoms with Crippen molar-refractivity contribution in [2.45, 2.75) is 26.3 Å². The Balaban J connectivity index is 2.17. The maximum absolute atomic E-state index is 6.32. The van der Waals surface area contributed by atoms with Crippen LogP contribution >= 0.6 is 23.2 Å². The van der Waals surface area contributed by atoms with Crippen molar-refractivity contribution in [3.8, 4) is 0 Å². The van der Waals surface area contributed by atoms with Gasteiger partial charge in [-0.1, -0.05) is 36.2 Å². The van der Waals surface area contributed by atoms with Gasteiger partial charge in [-0.15, -0.1) is 0 Å². The van der Waals surface area contributed by atoms with Crippen LogP contribution < -0.4 is 5.73 Å². The molecule has 1 aliphatic rings. The van der Waals surface area contributed by atoms with Crippen LogP contribution in [0.1, 0.15) is 25.3 Å². The zero-order chi connectivity index (χ0) is 13.9. The fourth-order valence-corrected chi connectivity index (χ4v) is 3.76. The summed E-state index contributed by atoms with van der Waals surface area (Å²) in [5.74, 6) is 0.664. The second-order valence-corrected chi connectivity index (χ2v) is 6.60. The Morgan fingerprint density at radius 1 is 1.37 bits per heavy atom. The number of hydrogen-bond acceptors (Lipinski definition) is 1. The fraction of sp³-hybridized carbons (Fsp3) is 0.600. The SMILES string of the molecule is CCC[N+]1(Cc2ccc(Cl)cc2Cl)CC[C@@H](CN)C1. The van der Waals surface area contributed by atoms with Gasteiger partial charge in [-0.2, -0.15) is 0 Å². The lowest BCUT2D eigenvalue weighted by Crippen LogP contribution is -2.46. The molecule has 2 N–H and O–H groups in total. The van der Waals surface area contributed by atoms with Crippen molar-refractivity contribution in [2.75, 3.05) is 26.2 Å². The van der Waals surface area contributed by atoms with Crippen LogP contribution in [0.25, 0.3) is 0 Å². The average Bonchev–Trinajstić information content (AvgIpc) is 2.77. The standard InChI is InChI=1S/C15H23Cl2N2/c1-2-6-19(7-5-12(9-18)10-19)11-13-3-4-14(16)8-15(13)17/h3-4,8,12H,2,5-7,9-11,18H2,1H3/q+1/t12-,19?/m0/s1. The third kappa shape index (κ3) is 3.63. The Labute approximate surface area is 126 Å². The van der Waals surface area contributed by atoms with Crippen LogP contribution in [0.5, 0.6) is 0 Å². The molecule has 19 heavy (non-hydrogen) atoms. The van der Waals surface area contributed by atoms with Crippen molar-refractivity contribution < 1.29 is 4.48 Å². The van der Waals surface area contributed by atoms with Gasteiger partial charge < -0.3 is 10.2 Å². The smallest absolute Gasteiger partial charge is 0.106 e. The first-order chi connectivity index (χ1) is 9.08. The zero-order valence-corrected chi connectivity index (χ0v) is 13.1. The minimum absolute atomic E-state index is 0.664. The number of likely N-dealkylation sites (tertiary alicyclic amines) is 1. The van der Waals surface area contributed by atoms with Crippen molar-refractivity contribution in [1.29, 1.82) is 0 Å². The Morgan fingerprint density at radius 3 is 2.74 bits per heavy atom. The molecule has 1 aromatic carbocycles. The maximum atomic E-state index is 6.32. The number of halogens is 2. The third-order valence-corrected chi connectivity index (χ3v) is 4.80. The first kappa shape index (κ1) is 15.1. The molecule has 106 valence electrons. The Bertz CT molecular complexity index is 436. The van der Waals surface area contributed by atoms with E-state index in [9.17, 15) is 0 Å². The van der Waals surface area contributed by atoms with E-state index in [1.165, 1.54) is 38.0 Å². The van der Waals surface area contributed by atoms with E-state index in [-0.39, 0.29) is 0 Å². The molecule has 2 atom stereocenters. The van der Waals surface area contributed by atoms with Crippen LogP contribution in [0.4, 0.5) is 0 Å². The molecule has 0 saturated carbocycles. The average molecular weight is 302 g/mol. The van der Waals surface area contributed by atoms with Gasteiger partial charge in [0.1, 0.15) is 6.54 Å². The number of quaternary nitrogens is 1. The summed E-state index contributed by atoms with van der Waals surface area (Å²) in [6.07, 6.45) is 2.43.